The molecule has 1 N–H and O–H groups in total. The fraction of sp³-hybridized carbons (Fsp3) is 0.158. The van der Waals surface area contributed by atoms with Gasteiger partial charge in [0, 0.05) is 10.4 Å². The first-order valence-electron chi connectivity index (χ1n) is 7.89. The van der Waals surface area contributed by atoms with Crippen LogP contribution >= 0.6 is 11.3 Å². The van der Waals surface area contributed by atoms with E-state index in [1.807, 2.05) is 13.0 Å². The van der Waals surface area contributed by atoms with E-state index in [0.29, 0.717) is 17.2 Å². The number of carbonyl (C=O) groups excluding carboxylic acids is 1. The lowest BCUT2D eigenvalue weighted by molar-refractivity contribution is 0.101. The highest BCUT2D eigenvalue weighted by Crippen LogP contribution is 2.36. The number of aromatic nitrogens is 1. The molecule has 3 rings (SSSR count). The molecular weight excluding hydrogens is 374 g/mol. The lowest BCUT2D eigenvalue weighted by Crippen LogP contribution is -2.15. The van der Waals surface area contributed by atoms with Crippen molar-refractivity contribution in [3.63, 3.8) is 0 Å². The van der Waals surface area contributed by atoms with Gasteiger partial charge in [-0.2, -0.15) is 0 Å². The highest BCUT2D eigenvalue weighted by atomic mass is 32.1. The number of benzene rings is 2. The van der Waals surface area contributed by atoms with Crippen LogP contribution in [0.2, 0.25) is 0 Å². The molecule has 0 unspecified atom stereocenters. The monoisotopic (exact) mass is 390 g/mol. The fourth-order valence-electron chi connectivity index (χ4n) is 2.58. The van der Waals surface area contributed by atoms with Gasteiger partial charge in [-0.3, -0.25) is 10.1 Å². The molecule has 0 aliphatic heterocycles. The van der Waals surface area contributed by atoms with E-state index in [9.17, 15) is 13.6 Å². The summed E-state index contributed by atoms with van der Waals surface area (Å²) in [6.07, 6.45) is 0. The van der Waals surface area contributed by atoms with Crippen LogP contribution in [-0.4, -0.2) is 25.1 Å². The standard InChI is InChI=1S/C19H16F2N2O3S/c1-10-17(11-7-8-14(25-2)15(9-11)26-3)22-19(27-10)23-18(24)16-12(20)5-4-6-13(16)21/h4-9H,1-3H3,(H,22,23,24). The molecule has 0 spiro atoms. The Morgan fingerprint density at radius 3 is 2.37 bits per heavy atom. The molecular formula is C19H16F2N2O3S. The van der Waals surface area contributed by atoms with Gasteiger partial charge in [0.2, 0.25) is 0 Å². The lowest BCUT2D eigenvalue weighted by atomic mass is 10.1. The Kier molecular flexibility index (Phi) is 5.36. The molecule has 1 aromatic heterocycles. The Hall–Kier alpha value is -3.00. The van der Waals surface area contributed by atoms with Crippen molar-refractivity contribution in [1.82, 2.24) is 4.98 Å². The number of nitrogens with one attached hydrogen (secondary N) is 1. The number of rotatable bonds is 5. The zero-order valence-corrected chi connectivity index (χ0v) is 15.6. The minimum atomic E-state index is -0.930. The van der Waals surface area contributed by atoms with E-state index in [1.165, 1.54) is 24.5 Å². The molecule has 1 amide bonds. The van der Waals surface area contributed by atoms with Crippen molar-refractivity contribution in [2.45, 2.75) is 6.92 Å². The topological polar surface area (TPSA) is 60.5 Å². The average molecular weight is 390 g/mol. The van der Waals surface area contributed by atoms with Crippen molar-refractivity contribution in [2.75, 3.05) is 19.5 Å². The Balaban J connectivity index is 1.90. The molecule has 0 atom stereocenters. The first kappa shape index (κ1) is 18.8. The van der Waals surface area contributed by atoms with Crippen LogP contribution in [0.1, 0.15) is 15.2 Å². The molecule has 0 fully saturated rings. The van der Waals surface area contributed by atoms with Crippen LogP contribution in [0, 0.1) is 18.6 Å². The minimum absolute atomic E-state index is 0.241. The van der Waals surface area contributed by atoms with Gasteiger partial charge in [-0.1, -0.05) is 6.07 Å². The van der Waals surface area contributed by atoms with E-state index in [1.54, 1.807) is 19.2 Å². The second kappa shape index (κ2) is 7.71. The van der Waals surface area contributed by atoms with Crippen molar-refractivity contribution in [3.05, 3.63) is 58.5 Å². The van der Waals surface area contributed by atoms with Crippen LogP contribution in [-0.2, 0) is 0 Å². The molecule has 0 aliphatic carbocycles. The van der Waals surface area contributed by atoms with E-state index in [2.05, 4.69) is 10.3 Å². The quantitative estimate of drug-likeness (QED) is 0.688. The number of thiazole rings is 1. The summed E-state index contributed by atoms with van der Waals surface area (Å²) >= 11 is 1.21. The first-order valence-corrected chi connectivity index (χ1v) is 8.71. The number of ether oxygens (including phenoxy) is 2. The van der Waals surface area contributed by atoms with Crippen molar-refractivity contribution in [3.8, 4) is 22.8 Å². The second-order valence-electron chi connectivity index (χ2n) is 5.54. The average Bonchev–Trinajstić information content (AvgIpc) is 3.01. The van der Waals surface area contributed by atoms with Crippen LogP contribution < -0.4 is 14.8 Å². The molecule has 0 bridgehead atoms. The Morgan fingerprint density at radius 1 is 1.07 bits per heavy atom. The Morgan fingerprint density at radius 2 is 1.74 bits per heavy atom. The number of halogens is 2. The van der Waals surface area contributed by atoms with Gasteiger partial charge in [0.15, 0.2) is 16.6 Å². The summed E-state index contributed by atoms with van der Waals surface area (Å²) in [5, 5.41) is 2.70. The Labute approximate surface area is 158 Å². The van der Waals surface area contributed by atoms with Crippen molar-refractivity contribution in [2.24, 2.45) is 0 Å². The summed E-state index contributed by atoms with van der Waals surface area (Å²) in [6, 6.07) is 8.58. The van der Waals surface area contributed by atoms with Crippen LogP contribution in [0.25, 0.3) is 11.3 Å². The predicted octanol–water partition coefficient (Wildman–Crippen LogP) is 4.67. The van der Waals surface area contributed by atoms with Gasteiger partial charge in [0.1, 0.15) is 17.2 Å². The molecule has 140 valence electrons. The zero-order valence-electron chi connectivity index (χ0n) is 14.8. The normalized spacial score (nSPS) is 10.6. The largest absolute Gasteiger partial charge is 0.493 e. The van der Waals surface area contributed by atoms with E-state index < -0.39 is 23.1 Å². The van der Waals surface area contributed by atoms with E-state index in [0.717, 1.165) is 22.6 Å². The van der Waals surface area contributed by atoms with E-state index in [4.69, 9.17) is 9.47 Å². The van der Waals surface area contributed by atoms with Crippen molar-refractivity contribution >= 4 is 22.4 Å². The van der Waals surface area contributed by atoms with Gasteiger partial charge in [-0.25, -0.2) is 13.8 Å². The summed E-state index contributed by atoms with van der Waals surface area (Å²) in [5.41, 5.74) is 0.752. The van der Waals surface area contributed by atoms with Crippen LogP contribution in [0.5, 0.6) is 11.5 Å². The Bertz CT molecular complexity index is 984. The van der Waals surface area contributed by atoms with Crippen LogP contribution in [0.3, 0.4) is 0 Å². The summed E-state index contributed by atoms with van der Waals surface area (Å²) in [4.78, 5) is 17.4. The summed E-state index contributed by atoms with van der Waals surface area (Å²) < 4.78 is 38.0. The van der Waals surface area contributed by atoms with Crippen molar-refractivity contribution in [1.29, 1.82) is 0 Å². The first-order chi connectivity index (χ1) is 12.9. The third-order valence-corrected chi connectivity index (χ3v) is 4.75. The summed E-state index contributed by atoms with van der Waals surface area (Å²) in [7, 11) is 3.07. The maximum Gasteiger partial charge on any atom is 0.263 e. The fourth-order valence-corrected chi connectivity index (χ4v) is 3.41. The maximum atomic E-state index is 13.8. The number of carbonyl (C=O) groups is 1. The highest BCUT2D eigenvalue weighted by molar-refractivity contribution is 7.16. The molecule has 2 aromatic carbocycles. The van der Waals surface area contributed by atoms with Gasteiger partial charge in [0.25, 0.3) is 5.91 Å². The number of nitrogens with zero attached hydrogens (tertiary/aromatic N) is 1. The highest BCUT2D eigenvalue weighted by Gasteiger charge is 2.20. The third-order valence-electron chi connectivity index (χ3n) is 3.86. The molecule has 5 nitrogen and oxygen atoms in total. The smallest absolute Gasteiger partial charge is 0.263 e. The number of hydrogen-bond acceptors (Lipinski definition) is 5. The zero-order chi connectivity index (χ0) is 19.6. The van der Waals surface area contributed by atoms with Gasteiger partial charge in [-0.15, -0.1) is 11.3 Å². The summed E-state index contributed by atoms with van der Waals surface area (Å²) in [6.45, 7) is 1.84. The molecule has 0 radical (unpaired) electrons. The van der Waals surface area contributed by atoms with Gasteiger partial charge < -0.3 is 9.47 Å². The molecule has 8 heteroatoms. The lowest BCUT2D eigenvalue weighted by Gasteiger charge is -2.08. The molecule has 0 saturated carbocycles. The van der Waals surface area contributed by atoms with Crippen molar-refractivity contribution < 1.29 is 23.0 Å². The SMILES string of the molecule is COc1ccc(-c2nc(NC(=O)c3c(F)cccc3F)sc2C)cc1OC. The predicted molar refractivity (Wildman–Crippen MR) is 99.7 cm³/mol. The number of amides is 1. The van der Waals surface area contributed by atoms with Gasteiger partial charge in [-0.05, 0) is 37.3 Å². The summed E-state index contributed by atoms with van der Waals surface area (Å²) in [5.74, 6) is -1.63. The number of methoxy groups -OCH3 is 2. The maximum absolute atomic E-state index is 13.8. The van der Waals surface area contributed by atoms with Crippen LogP contribution in [0.15, 0.2) is 36.4 Å². The number of anilines is 1. The van der Waals surface area contributed by atoms with E-state index >= 15 is 0 Å². The molecule has 0 aliphatic rings. The minimum Gasteiger partial charge on any atom is -0.493 e. The number of aryl methyl sites for hydroxylation is 1. The third kappa shape index (κ3) is 3.75. The molecule has 27 heavy (non-hydrogen) atoms. The van der Waals surface area contributed by atoms with Gasteiger partial charge in [0.05, 0.1) is 19.9 Å². The van der Waals surface area contributed by atoms with E-state index in [-0.39, 0.29) is 5.13 Å². The van der Waals surface area contributed by atoms with Gasteiger partial charge >= 0.3 is 0 Å². The second-order valence-corrected chi connectivity index (χ2v) is 6.75. The van der Waals surface area contributed by atoms with Crippen LogP contribution in [0.4, 0.5) is 13.9 Å². The molecule has 0 saturated heterocycles. The number of hydrogen-bond donors (Lipinski definition) is 1. The molecule has 1 heterocycles. The molecule has 3 aromatic rings.